The minimum Gasteiger partial charge on any atom is -0.497 e. The molecule has 6 nitrogen and oxygen atoms in total. The maximum absolute atomic E-state index is 13.1. The van der Waals surface area contributed by atoms with Crippen LogP contribution < -0.4 is 14.8 Å². The van der Waals surface area contributed by atoms with Crippen molar-refractivity contribution in [3.8, 4) is 11.5 Å². The summed E-state index contributed by atoms with van der Waals surface area (Å²) in [6, 6.07) is 13.7. The fourth-order valence-corrected chi connectivity index (χ4v) is 3.17. The molecule has 2 aromatic carbocycles. The van der Waals surface area contributed by atoms with Crippen LogP contribution in [0.4, 0.5) is 0 Å². The van der Waals surface area contributed by atoms with Crippen LogP contribution in [0.1, 0.15) is 39.2 Å². The number of amides is 2. The average molecular weight is 447 g/mol. The molecule has 7 heteroatoms. The molecule has 0 unspecified atom stereocenters. The molecule has 0 saturated carbocycles. The minimum atomic E-state index is -0.600. The highest BCUT2D eigenvalue weighted by Crippen LogP contribution is 2.18. The van der Waals surface area contributed by atoms with E-state index in [1.165, 1.54) is 0 Å². The van der Waals surface area contributed by atoms with Crippen LogP contribution in [-0.4, -0.2) is 42.5 Å². The molecular formula is C24H31ClN2O4. The number of benzene rings is 2. The van der Waals surface area contributed by atoms with Gasteiger partial charge in [0.1, 0.15) is 17.5 Å². The predicted octanol–water partition coefficient (Wildman–Crippen LogP) is 4.45. The van der Waals surface area contributed by atoms with Crippen molar-refractivity contribution >= 4 is 23.4 Å². The molecular weight excluding hydrogens is 416 g/mol. The molecule has 2 amide bonds. The first kappa shape index (κ1) is 24.5. The first-order valence-corrected chi connectivity index (χ1v) is 10.9. The lowest BCUT2D eigenvalue weighted by atomic mass is 10.1. The van der Waals surface area contributed by atoms with E-state index >= 15 is 0 Å². The summed E-state index contributed by atoms with van der Waals surface area (Å²) in [5, 5.41) is 3.58. The third-order valence-electron chi connectivity index (χ3n) is 5.07. The highest BCUT2D eigenvalue weighted by Gasteiger charge is 2.29. The lowest BCUT2D eigenvalue weighted by Gasteiger charge is -2.31. The SMILES string of the molecule is CC[C@@H](C)NC(=O)[C@H](CC)N(Cc1ccc(OC)cc1)C(=O)COc1ccc(Cl)cc1. The summed E-state index contributed by atoms with van der Waals surface area (Å²) in [5.41, 5.74) is 0.899. The van der Waals surface area contributed by atoms with Gasteiger partial charge >= 0.3 is 0 Å². The first-order valence-electron chi connectivity index (χ1n) is 10.5. The zero-order valence-electron chi connectivity index (χ0n) is 18.6. The number of hydrogen-bond acceptors (Lipinski definition) is 4. The van der Waals surface area contributed by atoms with Gasteiger partial charge in [-0.3, -0.25) is 9.59 Å². The highest BCUT2D eigenvalue weighted by atomic mass is 35.5. The van der Waals surface area contributed by atoms with Gasteiger partial charge in [-0.15, -0.1) is 0 Å². The summed E-state index contributed by atoms with van der Waals surface area (Å²) >= 11 is 5.90. The second-order valence-electron chi connectivity index (χ2n) is 7.35. The Kier molecular flexibility index (Phi) is 9.66. The Morgan fingerprint density at radius 3 is 2.16 bits per heavy atom. The van der Waals surface area contributed by atoms with E-state index in [2.05, 4.69) is 5.32 Å². The Balaban J connectivity index is 2.20. The summed E-state index contributed by atoms with van der Waals surface area (Å²) in [5.74, 6) is 0.843. The third kappa shape index (κ3) is 7.47. The lowest BCUT2D eigenvalue weighted by molar-refractivity contribution is -0.143. The summed E-state index contributed by atoms with van der Waals surface area (Å²) in [6.45, 7) is 5.97. The molecule has 0 bridgehead atoms. The maximum atomic E-state index is 13.1. The standard InChI is InChI=1S/C24H31ClN2O4/c1-5-17(3)26-24(29)22(6-2)27(15-18-7-11-20(30-4)12-8-18)23(28)16-31-21-13-9-19(25)10-14-21/h7-14,17,22H,5-6,15-16H2,1-4H3,(H,26,29)/t17-,22+/m1/s1. The summed E-state index contributed by atoms with van der Waals surface area (Å²) in [6.07, 6.45) is 1.30. The van der Waals surface area contributed by atoms with Gasteiger partial charge in [0.15, 0.2) is 6.61 Å². The van der Waals surface area contributed by atoms with Crippen molar-refractivity contribution in [3.63, 3.8) is 0 Å². The van der Waals surface area contributed by atoms with Crippen LogP contribution >= 0.6 is 11.6 Å². The topological polar surface area (TPSA) is 67.9 Å². The van der Waals surface area contributed by atoms with E-state index in [0.29, 0.717) is 23.7 Å². The van der Waals surface area contributed by atoms with Gasteiger partial charge in [-0.05, 0) is 61.7 Å². The van der Waals surface area contributed by atoms with Crippen molar-refractivity contribution in [3.05, 3.63) is 59.1 Å². The summed E-state index contributed by atoms with van der Waals surface area (Å²) in [4.78, 5) is 27.6. The van der Waals surface area contributed by atoms with Gasteiger partial charge in [-0.1, -0.05) is 37.6 Å². The second-order valence-corrected chi connectivity index (χ2v) is 7.79. The van der Waals surface area contributed by atoms with Crippen LogP contribution in [0.15, 0.2) is 48.5 Å². The average Bonchev–Trinajstić information content (AvgIpc) is 2.78. The van der Waals surface area contributed by atoms with Gasteiger partial charge in [-0.25, -0.2) is 0 Å². The number of rotatable bonds is 11. The van der Waals surface area contributed by atoms with Gasteiger partial charge in [0.25, 0.3) is 5.91 Å². The number of ether oxygens (including phenoxy) is 2. The van der Waals surface area contributed by atoms with Crippen LogP contribution in [0, 0.1) is 0 Å². The van der Waals surface area contributed by atoms with E-state index in [-0.39, 0.29) is 24.5 Å². The van der Waals surface area contributed by atoms with Gasteiger partial charge in [0, 0.05) is 17.6 Å². The summed E-state index contributed by atoms with van der Waals surface area (Å²) in [7, 11) is 1.60. The maximum Gasteiger partial charge on any atom is 0.261 e. The zero-order chi connectivity index (χ0) is 22.8. The number of carbonyl (C=O) groups excluding carboxylic acids is 2. The minimum absolute atomic E-state index is 0.0322. The van der Waals surface area contributed by atoms with Gasteiger partial charge < -0.3 is 19.7 Å². The van der Waals surface area contributed by atoms with Crippen LogP contribution in [0.2, 0.25) is 5.02 Å². The lowest BCUT2D eigenvalue weighted by Crippen LogP contribution is -2.51. The van der Waals surface area contributed by atoms with E-state index in [4.69, 9.17) is 21.1 Å². The molecule has 0 aliphatic heterocycles. The molecule has 168 valence electrons. The predicted molar refractivity (Wildman–Crippen MR) is 122 cm³/mol. The van der Waals surface area contributed by atoms with Gasteiger partial charge in [0.2, 0.25) is 5.91 Å². The number of nitrogens with one attached hydrogen (secondary N) is 1. The van der Waals surface area contributed by atoms with Gasteiger partial charge in [-0.2, -0.15) is 0 Å². The molecule has 1 N–H and O–H groups in total. The number of halogens is 1. The monoisotopic (exact) mass is 446 g/mol. The fraction of sp³-hybridized carbons (Fsp3) is 0.417. The molecule has 0 aliphatic rings. The molecule has 2 rings (SSSR count). The van der Waals surface area contributed by atoms with E-state index in [1.54, 1.807) is 36.3 Å². The highest BCUT2D eigenvalue weighted by molar-refractivity contribution is 6.30. The number of hydrogen-bond donors (Lipinski definition) is 1. The molecule has 0 spiro atoms. The largest absolute Gasteiger partial charge is 0.497 e. The Labute approximate surface area is 189 Å². The van der Waals surface area contributed by atoms with Crippen molar-refractivity contribution in [1.82, 2.24) is 10.2 Å². The van der Waals surface area contributed by atoms with E-state index in [1.807, 2.05) is 45.0 Å². The third-order valence-corrected chi connectivity index (χ3v) is 5.33. The van der Waals surface area contributed by atoms with Gasteiger partial charge in [0.05, 0.1) is 7.11 Å². The van der Waals surface area contributed by atoms with Crippen molar-refractivity contribution in [2.45, 2.75) is 52.2 Å². The number of carbonyl (C=O) groups is 2. The molecule has 0 aromatic heterocycles. The van der Waals surface area contributed by atoms with Crippen molar-refractivity contribution in [1.29, 1.82) is 0 Å². The van der Waals surface area contributed by atoms with Crippen LogP contribution in [0.3, 0.4) is 0 Å². The molecule has 0 aliphatic carbocycles. The van der Waals surface area contributed by atoms with E-state index in [9.17, 15) is 9.59 Å². The van der Waals surface area contributed by atoms with Crippen molar-refractivity contribution < 1.29 is 19.1 Å². The fourth-order valence-electron chi connectivity index (χ4n) is 3.05. The Morgan fingerprint density at radius 1 is 1.00 bits per heavy atom. The number of methoxy groups -OCH3 is 1. The molecule has 0 radical (unpaired) electrons. The molecule has 2 atom stereocenters. The zero-order valence-corrected chi connectivity index (χ0v) is 19.3. The van der Waals surface area contributed by atoms with E-state index < -0.39 is 6.04 Å². The molecule has 0 fully saturated rings. The molecule has 0 saturated heterocycles. The quantitative estimate of drug-likeness (QED) is 0.553. The number of nitrogens with zero attached hydrogens (tertiary/aromatic N) is 1. The van der Waals surface area contributed by atoms with Crippen LogP contribution in [-0.2, 0) is 16.1 Å². The van der Waals surface area contributed by atoms with Crippen LogP contribution in [0.5, 0.6) is 11.5 Å². The van der Waals surface area contributed by atoms with E-state index in [0.717, 1.165) is 17.7 Å². The van der Waals surface area contributed by atoms with Crippen molar-refractivity contribution in [2.75, 3.05) is 13.7 Å². The second kappa shape index (κ2) is 12.2. The Morgan fingerprint density at radius 2 is 1.61 bits per heavy atom. The Bertz CT molecular complexity index is 840. The smallest absolute Gasteiger partial charge is 0.261 e. The first-order chi connectivity index (χ1) is 14.9. The van der Waals surface area contributed by atoms with Crippen molar-refractivity contribution in [2.24, 2.45) is 0 Å². The molecule has 31 heavy (non-hydrogen) atoms. The molecule has 0 heterocycles. The Hall–Kier alpha value is -2.73. The van der Waals surface area contributed by atoms with Crippen LogP contribution in [0.25, 0.3) is 0 Å². The summed E-state index contributed by atoms with van der Waals surface area (Å²) < 4.78 is 10.9. The normalized spacial score (nSPS) is 12.5. The molecule has 2 aromatic rings.